The van der Waals surface area contributed by atoms with Crippen LogP contribution in [0.2, 0.25) is 0 Å². The van der Waals surface area contributed by atoms with E-state index < -0.39 is 15.9 Å². The summed E-state index contributed by atoms with van der Waals surface area (Å²) >= 11 is 1.40. The molecule has 11 heteroatoms. The number of benzene rings is 2. The monoisotopic (exact) mass is 583 g/mol. The molecule has 2 aromatic carbocycles. The molecule has 0 saturated carbocycles. The van der Waals surface area contributed by atoms with Gasteiger partial charge in [0.05, 0.1) is 11.5 Å². The quantitative estimate of drug-likeness (QED) is 0.436. The minimum atomic E-state index is -3.74. The average Bonchev–Trinajstić information content (AvgIpc) is 3.53. The Bertz CT molecular complexity index is 1450. The van der Waals surface area contributed by atoms with E-state index in [4.69, 9.17) is 10.5 Å². The number of anilines is 1. The Labute approximate surface area is 238 Å². The molecule has 2 aliphatic heterocycles. The van der Waals surface area contributed by atoms with E-state index in [9.17, 15) is 22.8 Å². The molecule has 0 atom stereocenters. The molecule has 2 N–H and O–H groups in total. The van der Waals surface area contributed by atoms with Gasteiger partial charge in [0.15, 0.2) is 0 Å². The van der Waals surface area contributed by atoms with Gasteiger partial charge in [-0.1, -0.05) is 30.3 Å². The second-order valence-corrected chi connectivity index (χ2v) is 12.4. The number of hydrogen-bond donors (Lipinski definition) is 1. The van der Waals surface area contributed by atoms with Crippen LogP contribution in [0, 0.1) is 5.92 Å². The second-order valence-electron chi connectivity index (χ2n) is 9.49. The molecule has 1 fully saturated rings. The van der Waals surface area contributed by atoms with Crippen LogP contribution in [0.3, 0.4) is 0 Å². The van der Waals surface area contributed by atoms with E-state index in [-0.39, 0.29) is 41.3 Å². The van der Waals surface area contributed by atoms with Crippen molar-refractivity contribution in [2.75, 3.05) is 31.1 Å². The highest BCUT2D eigenvalue weighted by molar-refractivity contribution is 7.89. The molecule has 212 valence electrons. The van der Waals surface area contributed by atoms with Crippen LogP contribution >= 0.6 is 11.3 Å². The molecule has 3 aromatic rings. The van der Waals surface area contributed by atoms with Crippen LogP contribution in [0.1, 0.15) is 51.8 Å². The third-order valence-electron chi connectivity index (χ3n) is 6.93. The number of aryl methyl sites for hydroxylation is 1. The number of ether oxygens (including phenoxy) is 1. The van der Waals surface area contributed by atoms with Crippen LogP contribution in [-0.4, -0.2) is 56.7 Å². The fraction of sp³-hybridized carbons (Fsp3) is 0.345. The van der Waals surface area contributed by atoms with Crippen molar-refractivity contribution >= 4 is 44.8 Å². The second kappa shape index (κ2) is 13.2. The summed E-state index contributed by atoms with van der Waals surface area (Å²) in [6, 6.07) is 17.3. The molecule has 5 rings (SSSR count). The lowest BCUT2D eigenvalue weighted by Crippen LogP contribution is -2.45. The number of amides is 2. The van der Waals surface area contributed by atoms with Crippen LogP contribution in [0.5, 0.6) is 0 Å². The summed E-state index contributed by atoms with van der Waals surface area (Å²) in [7, 11) is -3.74. The van der Waals surface area contributed by atoms with E-state index in [0.717, 1.165) is 18.5 Å². The van der Waals surface area contributed by atoms with E-state index in [1.807, 2.05) is 34.5 Å². The highest BCUT2D eigenvalue weighted by Crippen LogP contribution is 2.31. The normalized spacial score (nSPS) is 15.9. The summed E-state index contributed by atoms with van der Waals surface area (Å²) in [4.78, 5) is 38.0. The number of nitrogens with zero attached hydrogens (tertiary/aromatic N) is 2. The SMILES string of the molecule is CCOC(=O)c1cccs1.NC(=O)c1cccc(S(=O)(=O)N2CCC(C(=O)N3CCCc4ccccc43)CC2)c1. The fourth-order valence-corrected chi connectivity index (χ4v) is 7.01. The largest absolute Gasteiger partial charge is 0.462 e. The highest BCUT2D eigenvalue weighted by Gasteiger charge is 2.35. The maximum absolute atomic E-state index is 13.2. The number of piperidine rings is 1. The van der Waals surface area contributed by atoms with Crippen LogP contribution in [0.4, 0.5) is 5.69 Å². The van der Waals surface area contributed by atoms with E-state index in [1.54, 1.807) is 13.0 Å². The van der Waals surface area contributed by atoms with Gasteiger partial charge in [-0.2, -0.15) is 4.31 Å². The lowest BCUT2D eigenvalue weighted by atomic mass is 9.94. The Kier molecular flexibility index (Phi) is 9.72. The van der Waals surface area contributed by atoms with Gasteiger partial charge in [0.25, 0.3) is 0 Å². The standard InChI is InChI=1S/C22H25N3O4S.C7H8O2S/c23-21(26)18-6-3-8-19(15-18)30(28,29)24-13-10-17(11-14-24)22(27)25-12-4-7-16-5-1-2-9-20(16)25;1-2-9-7(8)6-4-3-5-10-6/h1-3,5-6,8-9,15,17H,4,7,10-14H2,(H2,23,26);3-5H,2H2,1H3. The van der Waals surface area contributed by atoms with Crippen molar-refractivity contribution in [3.63, 3.8) is 0 Å². The maximum atomic E-state index is 13.2. The number of sulfonamides is 1. The molecule has 3 heterocycles. The third kappa shape index (κ3) is 6.78. The van der Waals surface area contributed by atoms with Crippen LogP contribution in [0.15, 0.2) is 70.9 Å². The number of para-hydroxylation sites is 1. The number of fused-ring (bicyclic) bond motifs is 1. The first-order valence-corrected chi connectivity index (χ1v) is 15.5. The van der Waals surface area contributed by atoms with Crippen molar-refractivity contribution in [1.29, 1.82) is 0 Å². The Morgan fingerprint density at radius 3 is 2.42 bits per heavy atom. The van der Waals surface area contributed by atoms with Gasteiger partial charge in [-0.05, 0) is 73.9 Å². The lowest BCUT2D eigenvalue weighted by molar-refractivity contribution is -0.123. The molecule has 1 aromatic heterocycles. The van der Waals surface area contributed by atoms with Crippen LogP contribution in [0.25, 0.3) is 0 Å². The summed E-state index contributed by atoms with van der Waals surface area (Å²) in [5, 5.41) is 1.85. The predicted molar refractivity (Wildman–Crippen MR) is 154 cm³/mol. The first-order valence-electron chi connectivity index (χ1n) is 13.2. The number of primary amides is 1. The summed E-state index contributed by atoms with van der Waals surface area (Å²) in [6.07, 6.45) is 2.87. The van der Waals surface area contributed by atoms with Gasteiger partial charge < -0.3 is 15.4 Å². The van der Waals surface area contributed by atoms with Crippen LogP contribution < -0.4 is 10.6 Å². The Morgan fingerprint density at radius 1 is 1.00 bits per heavy atom. The zero-order valence-electron chi connectivity index (χ0n) is 22.3. The van der Waals surface area contributed by atoms with E-state index in [0.29, 0.717) is 30.9 Å². The predicted octanol–water partition coefficient (Wildman–Crippen LogP) is 4.09. The fourth-order valence-electron chi connectivity index (χ4n) is 4.88. The minimum absolute atomic E-state index is 0.0496. The lowest BCUT2D eigenvalue weighted by Gasteiger charge is -2.36. The molecule has 0 aliphatic carbocycles. The van der Waals surface area contributed by atoms with Gasteiger partial charge in [0, 0.05) is 36.8 Å². The summed E-state index contributed by atoms with van der Waals surface area (Å²) in [5.41, 5.74) is 7.59. The van der Waals surface area contributed by atoms with Gasteiger partial charge in [0.2, 0.25) is 21.8 Å². The van der Waals surface area contributed by atoms with Gasteiger partial charge in [-0.25, -0.2) is 13.2 Å². The average molecular weight is 584 g/mol. The number of esters is 1. The Hall–Kier alpha value is -3.54. The number of nitrogens with two attached hydrogens (primary N) is 1. The van der Waals surface area contributed by atoms with Crippen molar-refractivity contribution in [2.24, 2.45) is 11.7 Å². The molecule has 0 unspecified atom stereocenters. The topological polar surface area (TPSA) is 127 Å². The van der Waals surface area contributed by atoms with E-state index in [1.165, 1.54) is 45.5 Å². The first-order chi connectivity index (χ1) is 19.2. The van der Waals surface area contributed by atoms with Crippen LogP contribution in [-0.2, 0) is 26.0 Å². The van der Waals surface area contributed by atoms with Gasteiger partial charge in [0.1, 0.15) is 4.88 Å². The molecule has 40 heavy (non-hydrogen) atoms. The number of hydrogen-bond acceptors (Lipinski definition) is 7. The van der Waals surface area contributed by atoms with Gasteiger partial charge in [-0.15, -0.1) is 11.3 Å². The van der Waals surface area contributed by atoms with E-state index >= 15 is 0 Å². The Morgan fingerprint density at radius 2 is 1.75 bits per heavy atom. The molecule has 2 amide bonds. The third-order valence-corrected chi connectivity index (χ3v) is 9.68. The summed E-state index contributed by atoms with van der Waals surface area (Å²) < 4.78 is 32.1. The van der Waals surface area contributed by atoms with E-state index in [2.05, 4.69) is 6.07 Å². The summed E-state index contributed by atoms with van der Waals surface area (Å²) in [5.74, 6) is -1.01. The van der Waals surface area contributed by atoms with Gasteiger partial charge >= 0.3 is 5.97 Å². The molecule has 1 saturated heterocycles. The molecular formula is C29H33N3O6S2. The molecule has 0 radical (unpaired) electrons. The van der Waals surface area contributed by atoms with Crippen molar-refractivity contribution < 1.29 is 27.5 Å². The molecule has 2 aliphatic rings. The molecule has 0 spiro atoms. The number of carbonyl (C=O) groups is 3. The number of carbonyl (C=O) groups excluding carboxylic acids is 3. The zero-order valence-corrected chi connectivity index (χ0v) is 24.0. The van der Waals surface area contributed by atoms with Gasteiger partial charge in [-0.3, -0.25) is 9.59 Å². The first kappa shape index (κ1) is 29.4. The highest BCUT2D eigenvalue weighted by atomic mass is 32.2. The Balaban J connectivity index is 0.000000312. The summed E-state index contributed by atoms with van der Waals surface area (Å²) in [6.45, 7) is 3.49. The number of rotatable bonds is 6. The molecular weight excluding hydrogens is 550 g/mol. The molecule has 9 nitrogen and oxygen atoms in total. The van der Waals surface area contributed by atoms with Crippen molar-refractivity contribution in [3.8, 4) is 0 Å². The maximum Gasteiger partial charge on any atom is 0.348 e. The van der Waals surface area contributed by atoms with Crippen molar-refractivity contribution in [2.45, 2.75) is 37.5 Å². The smallest absolute Gasteiger partial charge is 0.348 e. The minimum Gasteiger partial charge on any atom is -0.462 e. The number of thiophene rings is 1. The van der Waals surface area contributed by atoms with Crippen molar-refractivity contribution in [1.82, 2.24) is 4.31 Å². The van der Waals surface area contributed by atoms with Crippen molar-refractivity contribution in [3.05, 3.63) is 82.0 Å². The molecule has 0 bridgehead atoms. The zero-order chi connectivity index (χ0) is 28.7.